The molecule has 0 saturated carbocycles. The van der Waals surface area contributed by atoms with Crippen molar-refractivity contribution in [1.82, 2.24) is 0 Å². The maximum absolute atomic E-state index is 12.7. The SMILES string of the molecule is O=CO[O-].O=Cc1cc([N+](=O)[O-])ccc1F.O=Cc1cc([N+](=O)[O-])ccc1Oc1ccc(F)cc1.Oc1ccc(F)cc1.[H-].[K+].[K+]. The largest absolute Gasteiger partial charge is 1.00 e. The number of non-ortho nitro benzene ring substituents is 2. The molecule has 0 unspecified atom stereocenters. The number of carbonyl (C=O) groups is 3. The van der Waals surface area contributed by atoms with Crippen molar-refractivity contribution < 1.29 is 162 Å². The van der Waals surface area contributed by atoms with Crippen LogP contribution in [-0.4, -0.2) is 34.0 Å². The zero-order valence-corrected chi connectivity index (χ0v) is 29.6. The van der Waals surface area contributed by atoms with E-state index in [0.29, 0.717) is 12.0 Å². The maximum atomic E-state index is 12.7. The number of aromatic hydroxyl groups is 1. The number of nitro benzene ring substituents is 2. The molecule has 1 N–H and O–H groups in total. The second-order valence-electron chi connectivity index (χ2n) is 7.40. The van der Waals surface area contributed by atoms with Crippen molar-refractivity contribution in [2.75, 3.05) is 0 Å². The number of carbonyl (C=O) groups excluding carboxylic acids is 3. The summed E-state index contributed by atoms with van der Waals surface area (Å²) >= 11 is 0. The first-order valence-electron chi connectivity index (χ1n) is 11.2. The van der Waals surface area contributed by atoms with Gasteiger partial charge >= 0.3 is 103 Å². The van der Waals surface area contributed by atoms with Crippen molar-refractivity contribution in [3.05, 3.63) is 134 Å². The molecule has 0 bridgehead atoms. The number of nitrogens with zero attached hydrogens (tertiary/aromatic N) is 2. The summed E-state index contributed by atoms with van der Waals surface area (Å²) in [5.74, 6) is -0.901. The molecule has 0 aliphatic carbocycles. The van der Waals surface area contributed by atoms with Gasteiger partial charge in [-0.3, -0.25) is 34.6 Å². The van der Waals surface area contributed by atoms with Crippen LogP contribution in [0.2, 0.25) is 0 Å². The molecule has 13 nitrogen and oxygen atoms in total. The van der Waals surface area contributed by atoms with Gasteiger partial charge in [-0.2, -0.15) is 0 Å². The van der Waals surface area contributed by atoms with Crippen molar-refractivity contribution in [2.24, 2.45) is 0 Å². The molecule has 0 saturated heterocycles. The Kier molecular flexibility index (Phi) is 23.9. The molecule has 45 heavy (non-hydrogen) atoms. The normalized spacial score (nSPS) is 8.80. The molecule has 0 heterocycles. The molecule has 4 rings (SSSR count). The van der Waals surface area contributed by atoms with Crippen LogP contribution in [0.5, 0.6) is 17.2 Å². The van der Waals surface area contributed by atoms with Crippen LogP contribution in [0.3, 0.4) is 0 Å². The predicted octanol–water partition coefficient (Wildman–Crippen LogP) is -1.03. The van der Waals surface area contributed by atoms with Gasteiger partial charge in [-0.15, -0.1) is 0 Å². The van der Waals surface area contributed by atoms with Crippen LogP contribution in [0.1, 0.15) is 22.1 Å². The van der Waals surface area contributed by atoms with Gasteiger partial charge in [0, 0.05) is 24.3 Å². The van der Waals surface area contributed by atoms with Crippen LogP contribution in [0.25, 0.3) is 0 Å². The number of aldehydes is 2. The summed E-state index contributed by atoms with van der Waals surface area (Å²) in [6.07, 6.45) is 0.703. The third-order valence-electron chi connectivity index (χ3n) is 4.56. The van der Waals surface area contributed by atoms with E-state index in [4.69, 9.17) is 19.9 Å². The number of phenolic OH excluding ortho intramolecular Hbond substituents is 1. The molecule has 0 amide bonds. The Hall–Kier alpha value is -2.89. The van der Waals surface area contributed by atoms with Crippen LogP contribution in [0.4, 0.5) is 24.5 Å². The number of nitro groups is 2. The summed E-state index contributed by atoms with van der Waals surface area (Å²) in [7, 11) is 0. The third kappa shape index (κ3) is 17.4. The number of halogens is 3. The molecule has 4 aromatic carbocycles. The predicted molar refractivity (Wildman–Crippen MR) is 140 cm³/mol. The molecular weight excluding hydrogens is 663 g/mol. The van der Waals surface area contributed by atoms with E-state index in [0.717, 1.165) is 24.3 Å². The number of ether oxygens (including phenoxy) is 1. The average Bonchev–Trinajstić information content (AvgIpc) is 3.00. The smallest absolute Gasteiger partial charge is 1.00 e. The Morgan fingerprint density at radius 2 is 1.11 bits per heavy atom. The van der Waals surface area contributed by atoms with E-state index in [1.807, 2.05) is 0 Å². The molecule has 0 aromatic heterocycles. The van der Waals surface area contributed by atoms with Gasteiger partial charge in [-0.25, -0.2) is 13.2 Å². The van der Waals surface area contributed by atoms with Crippen molar-refractivity contribution >= 4 is 30.4 Å². The average molecular weight is 683 g/mol. The Balaban J connectivity index is -0.000000592. The Morgan fingerprint density at radius 1 is 0.689 bits per heavy atom. The summed E-state index contributed by atoms with van der Waals surface area (Å²) in [6.45, 7) is -0.181. The van der Waals surface area contributed by atoms with E-state index in [-0.39, 0.29) is 157 Å². The molecule has 0 aliphatic heterocycles. The van der Waals surface area contributed by atoms with Gasteiger partial charge in [0.15, 0.2) is 12.6 Å². The van der Waals surface area contributed by atoms with E-state index >= 15 is 0 Å². The zero-order chi connectivity index (χ0) is 32.4. The minimum Gasteiger partial charge on any atom is -1.00 e. The maximum Gasteiger partial charge on any atom is 1.00 e. The summed E-state index contributed by atoms with van der Waals surface area (Å²) in [4.78, 5) is 51.7. The van der Waals surface area contributed by atoms with Crippen molar-refractivity contribution in [1.29, 1.82) is 0 Å². The van der Waals surface area contributed by atoms with E-state index in [1.54, 1.807) is 0 Å². The summed E-state index contributed by atoms with van der Waals surface area (Å²) in [6, 6.07) is 16.7. The first-order chi connectivity index (χ1) is 20.4. The zero-order valence-electron chi connectivity index (χ0n) is 24.4. The van der Waals surface area contributed by atoms with E-state index < -0.39 is 21.5 Å². The third-order valence-corrected chi connectivity index (χ3v) is 4.56. The molecule has 0 atom stereocenters. The first-order valence-corrected chi connectivity index (χ1v) is 11.2. The fourth-order valence-electron chi connectivity index (χ4n) is 2.64. The number of rotatable bonds is 7. The van der Waals surface area contributed by atoms with Crippen LogP contribution < -0.4 is 113 Å². The number of hydrogen-bond acceptors (Lipinski definition) is 11. The summed E-state index contributed by atoms with van der Waals surface area (Å²) in [5.41, 5.74) is -0.741. The molecular formula is C27H19F3K2N2O11. The van der Waals surface area contributed by atoms with Crippen LogP contribution in [0.15, 0.2) is 84.9 Å². The minimum absolute atomic E-state index is 0. The van der Waals surface area contributed by atoms with Crippen LogP contribution in [0, 0.1) is 37.7 Å². The Labute approximate surface area is 338 Å². The van der Waals surface area contributed by atoms with Gasteiger partial charge < -0.3 is 21.4 Å². The van der Waals surface area contributed by atoms with Crippen molar-refractivity contribution in [2.45, 2.75) is 0 Å². The van der Waals surface area contributed by atoms with Crippen molar-refractivity contribution in [3.8, 4) is 17.2 Å². The quantitative estimate of drug-likeness (QED) is 0.0822. The summed E-state index contributed by atoms with van der Waals surface area (Å²) < 4.78 is 42.7. The number of hydrogen-bond donors (Lipinski definition) is 1. The number of benzene rings is 4. The van der Waals surface area contributed by atoms with Crippen molar-refractivity contribution in [3.63, 3.8) is 0 Å². The van der Waals surface area contributed by atoms with Gasteiger partial charge in [0.05, 0.1) is 21.0 Å². The fraction of sp³-hybridized carbons (Fsp3) is 0. The molecule has 0 spiro atoms. The Bertz CT molecular complexity index is 1530. The monoisotopic (exact) mass is 682 g/mol. The fourth-order valence-corrected chi connectivity index (χ4v) is 2.64. The van der Waals surface area contributed by atoms with Crippen LogP contribution in [-0.2, 0) is 9.68 Å². The first kappa shape index (κ1) is 44.2. The number of phenols is 1. The van der Waals surface area contributed by atoms with Gasteiger partial charge in [0.2, 0.25) is 0 Å². The molecule has 18 heteroatoms. The van der Waals surface area contributed by atoms with Gasteiger partial charge in [0.1, 0.15) is 34.7 Å². The minimum atomic E-state index is -0.754. The molecule has 0 aliphatic rings. The second kappa shape index (κ2) is 24.4. The van der Waals surface area contributed by atoms with E-state index in [1.165, 1.54) is 60.7 Å². The van der Waals surface area contributed by atoms with Crippen LogP contribution >= 0.6 is 0 Å². The molecule has 226 valence electrons. The van der Waals surface area contributed by atoms with Gasteiger partial charge in [-0.05, 0) is 60.7 Å². The summed E-state index contributed by atoms with van der Waals surface area (Å²) in [5, 5.41) is 37.8. The van der Waals surface area contributed by atoms with Gasteiger partial charge in [0.25, 0.3) is 17.8 Å². The molecule has 4 aromatic rings. The topological polar surface area (TPSA) is 199 Å². The van der Waals surface area contributed by atoms with E-state index in [2.05, 4.69) is 4.89 Å². The van der Waals surface area contributed by atoms with E-state index in [9.17, 15) is 43.0 Å². The Morgan fingerprint density at radius 3 is 1.51 bits per heavy atom. The van der Waals surface area contributed by atoms with Gasteiger partial charge in [-0.1, -0.05) is 0 Å². The molecule has 0 radical (unpaired) electrons. The molecule has 0 fully saturated rings. The standard InChI is InChI=1S/C13H8FNO4.C7H4FNO3.C6H5FO.CH2O3.2K.H/c14-10-1-4-12(5-2-10)19-13-6-3-11(15(17)18)7-9(13)8-16;8-7-2-1-6(9(11)12)3-5(7)4-10;7-5-1-3-6(8)4-2-5;2-1-4-3;;;/h1-8H;1-4H;1-4,8H;1,3H;;;/q;;;;2*+1;-1/p-1. The second-order valence-corrected chi connectivity index (χ2v) is 7.40.